The predicted molar refractivity (Wildman–Crippen MR) is 52.6 cm³/mol. The molecule has 1 fully saturated rings. The van der Waals surface area contributed by atoms with Crippen LogP contribution in [-0.4, -0.2) is 28.9 Å². The number of hydrogen-bond donors (Lipinski definition) is 1. The molecule has 0 aliphatic carbocycles. The molecule has 0 saturated carbocycles. The maximum Gasteiger partial charge on any atom is 0.0752 e. The van der Waals surface area contributed by atoms with Crippen LogP contribution in [0.1, 0.15) is 12.8 Å². The topological polar surface area (TPSA) is 47.1 Å². The SMILES string of the molecule is Cn1cc(N2CCC[C@H](N)C2)cn1. The summed E-state index contributed by atoms with van der Waals surface area (Å²) in [5.74, 6) is 0. The summed E-state index contributed by atoms with van der Waals surface area (Å²) in [6.45, 7) is 2.07. The van der Waals surface area contributed by atoms with Gasteiger partial charge in [-0.3, -0.25) is 4.68 Å². The van der Waals surface area contributed by atoms with Crippen molar-refractivity contribution < 1.29 is 0 Å². The van der Waals surface area contributed by atoms with E-state index in [1.165, 1.54) is 12.1 Å². The number of nitrogens with zero attached hydrogens (tertiary/aromatic N) is 3. The molecule has 1 aromatic rings. The Balaban J connectivity index is 2.08. The highest BCUT2D eigenvalue weighted by Crippen LogP contribution is 2.17. The van der Waals surface area contributed by atoms with E-state index in [1.54, 1.807) is 0 Å². The smallest absolute Gasteiger partial charge is 0.0752 e. The lowest BCUT2D eigenvalue weighted by Crippen LogP contribution is -2.42. The Morgan fingerprint density at radius 3 is 3.08 bits per heavy atom. The molecule has 0 unspecified atom stereocenters. The molecular formula is C9H16N4. The molecule has 72 valence electrons. The van der Waals surface area contributed by atoms with Crippen molar-refractivity contribution in [3.05, 3.63) is 12.4 Å². The van der Waals surface area contributed by atoms with E-state index < -0.39 is 0 Å². The Morgan fingerprint density at radius 2 is 2.46 bits per heavy atom. The fourth-order valence-corrected chi connectivity index (χ4v) is 1.82. The van der Waals surface area contributed by atoms with Crippen molar-refractivity contribution >= 4 is 5.69 Å². The molecule has 2 heterocycles. The van der Waals surface area contributed by atoms with E-state index in [0.717, 1.165) is 19.5 Å². The van der Waals surface area contributed by atoms with Gasteiger partial charge in [-0.25, -0.2) is 0 Å². The first-order valence-electron chi connectivity index (χ1n) is 4.75. The highest BCUT2D eigenvalue weighted by atomic mass is 15.3. The van der Waals surface area contributed by atoms with Crippen molar-refractivity contribution in [1.82, 2.24) is 9.78 Å². The summed E-state index contributed by atoms with van der Waals surface area (Å²) in [5, 5.41) is 4.15. The number of rotatable bonds is 1. The second-order valence-electron chi connectivity index (χ2n) is 3.72. The molecule has 2 N–H and O–H groups in total. The third-order valence-electron chi connectivity index (χ3n) is 2.51. The van der Waals surface area contributed by atoms with Gasteiger partial charge in [-0.2, -0.15) is 5.10 Å². The maximum absolute atomic E-state index is 5.90. The molecule has 13 heavy (non-hydrogen) atoms. The van der Waals surface area contributed by atoms with Crippen LogP contribution in [0.2, 0.25) is 0 Å². The molecule has 1 aliphatic heterocycles. The van der Waals surface area contributed by atoms with Gasteiger partial charge < -0.3 is 10.6 Å². The summed E-state index contributed by atoms with van der Waals surface area (Å²) in [7, 11) is 1.94. The zero-order valence-electron chi connectivity index (χ0n) is 7.98. The summed E-state index contributed by atoms with van der Waals surface area (Å²) < 4.78 is 1.83. The molecule has 4 heteroatoms. The lowest BCUT2D eigenvalue weighted by Gasteiger charge is -2.31. The van der Waals surface area contributed by atoms with E-state index in [4.69, 9.17) is 5.73 Å². The molecule has 1 atom stereocenters. The van der Waals surface area contributed by atoms with Crippen LogP contribution in [0.25, 0.3) is 0 Å². The van der Waals surface area contributed by atoms with Crippen LogP contribution in [0.3, 0.4) is 0 Å². The van der Waals surface area contributed by atoms with Crippen LogP contribution < -0.4 is 10.6 Å². The molecule has 0 radical (unpaired) electrons. The molecule has 1 saturated heterocycles. The number of aromatic nitrogens is 2. The Labute approximate surface area is 78.3 Å². The standard InChI is InChI=1S/C9H16N4/c1-12-7-9(5-11-12)13-4-2-3-8(10)6-13/h5,7-8H,2-4,6,10H2,1H3/t8-/m0/s1. The van der Waals surface area contributed by atoms with Gasteiger partial charge in [0.15, 0.2) is 0 Å². The molecule has 0 amide bonds. The van der Waals surface area contributed by atoms with E-state index in [0.29, 0.717) is 6.04 Å². The second kappa shape index (κ2) is 3.38. The summed E-state index contributed by atoms with van der Waals surface area (Å²) in [5.41, 5.74) is 7.09. The largest absolute Gasteiger partial charge is 0.367 e. The number of hydrogen-bond acceptors (Lipinski definition) is 3. The van der Waals surface area contributed by atoms with Gasteiger partial charge >= 0.3 is 0 Å². The fourth-order valence-electron chi connectivity index (χ4n) is 1.82. The van der Waals surface area contributed by atoms with Gasteiger partial charge in [-0.1, -0.05) is 0 Å². The second-order valence-corrected chi connectivity index (χ2v) is 3.72. The fraction of sp³-hybridized carbons (Fsp3) is 0.667. The molecule has 2 rings (SSSR count). The highest BCUT2D eigenvalue weighted by molar-refractivity contribution is 5.42. The summed E-state index contributed by atoms with van der Waals surface area (Å²) >= 11 is 0. The molecule has 0 bridgehead atoms. The van der Waals surface area contributed by atoms with Crippen LogP contribution in [0.5, 0.6) is 0 Å². The van der Waals surface area contributed by atoms with Gasteiger partial charge in [0.2, 0.25) is 0 Å². The van der Waals surface area contributed by atoms with Gasteiger partial charge in [-0.05, 0) is 12.8 Å². The van der Waals surface area contributed by atoms with E-state index in [1.807, 2.05) is 24.1 Å². The Morgan fingerprint density at radius 1 is 1.62 bits per heavy atom. The van der Waals surface area contributed by atoms with Crippen LogP contribution in [-0.2, 0) is 7.05 Å². The van der Waals surface area contributed by atoms with E-state index in [2.05, 4.69) is 10.00 Å². The number of anilines is 1. The first-order chi connectivity index (χ1) is 6.25. The zero-order chi connectivity index (χ0) is 9.26. The Bertz CT molecular complexity index is 281. The van der Waals surface area contributed by atoms with E-state index in [9.17, 15) is 0 Å². The van der Waals surface area contributed by atoms with Crippen LogP contribution in [0.15, 0.2) is 12.4 Å². The summed E-state index contributed by atoms with van der Waals surface area (Å²) in [6, 6.07) is 0.328. The van der Waals surface area contributed by atoms with Crippen molar-refractivity contribution in [3.8, 4) is 0 Å². The van der Waals surface area contributed by atoms with Crippen molar-refractivity contribution in [2.75, 3.05) is 18.0 Å². The van der Waals surface area contributed by atoms with Crippen molar-refractivity contribution in [2.24, 2.45) is 12.8 Å². The quantitative estimate of drug-likeness (QED) is 0.678. The third-order valence-corrected chi connectivity index (χ3v) is 2.51. The monoisotopic (exact) mass is 180 g/mol. The lowest BCUT2D eigenvalue weighted by atomic mass is 10.1. The van der Waals surface area contributed by atoms with Crippen molar-refractivity contribution in [2.45, 2.75) is 18.9 Å². The van der Waals surface area contributed by atoms with Gasteiger partial charge in [0.05, 0.1) is 11.9 Å². The van der Waals surface area contributed by atoms with Gasteiger partial charge in [0.1, 0.15) is 0 Å². The predicted octanol–water partition coefficient (Wildman–Crippen LogP) is 0.348. The zero-order valence-corrected chi connectivity index (χ0v) is 7.98. The molecule has 0 aromatic carbocycles. The molecular weight excluding hydrogens is 164 g/mol. The normalized spacial score (nSPS) is 23.5. The van der Waals surface area contributed by atoms with Crippen molar-refractivity contribution in [1.29, 1.82) is 0 Å². The maximum atomic E-state index is 5.90. The van der Waals surface area contributed by atoms with Crippen LogP contribution in [0.4, 0.5) is 5.69 Å². The average Bonchev–Trinajstić information content (AvgIpc) is 2.52. The minimum Gasteiger partial charge on any atom is -0.367 e. The number of piperidine rings is 1. The van der Waals surface area contributed by atoms with Crippen LogP contribution >= 0.6 is 0 Å². The summed E-state index contributed by atoms with van der Waals surface area (Å²) in [6.07, 6.45) is 6.28. The minimum atomic E-state index is 0.328. The molecule has 4 nitrogen and oxygen atoms in total. The van der Waals surface area contributed by atoms with E-state index >= 15 is 0 Å². The number of aryl methyl sites for hydroxylation is 1. The molecule has 1 aliphatic rings. The van der Waals surface area contributed by atoms with E-state index in [-0.39, 0.29) is 0 Å². The minimum absolute atomic E-state index is 0.328. The first kappa shape index (κ1) is 8.56. The first-order valence-corrected chi connectivity index (χ1v) is 4.75. The molecule has 0 spiro atoms. The van der Waals surface area contributed by atoms with Gasteiger partial charge in [0.25, 0.3) is 0 Å². The average molecular weight is 180 g/mol. The highest BCUT2D eigenvalue weighted by Gasteiger charge is 2.17. The van der Waals surface area contributed by atoms with Gasteiger partial charge in [-0.15, -0.1) is 0 Å². The lowest BCUT2D eigenvalue weighted by molar-refractivity contribution is 0.506. The van der Waals surface area contributed by atoms with Crippen LogP contribution in [0, 0.1) is 0 Å². The summed E-state index contributed by atoms with van der Waals surface area (Å²) in [4.78, 5) is 2.31. The van der Waals surface area contributed by atoms with Crippen molar-refractivity contribution in [3.63, 3.8) is 0 Å². The third kappa shape index (κ3) is 1.83. The Kier molecular flexibility index (Phi) is 2.22. The van der Waals surface area contributed by atoms with Gasteiger partial charge in [0, 0.05) is 32.4 Å². The number of nitrogens with two attached hydrogens (primary N) is 1. The Hall–Kier alpha value is -1.03. The molecule has 1 aromatic heterocycles.